The van der Waals surface area contributed by atoms with Crippen molar-refractivity contribution >= 4 is 148 Å². The Morgan fingerprint density at radius 3 is 1.09 bits per heavy atom. The lowest BCUT2D eigenvalue weighted by Crippen LogP contribution is -2.67. The molecule has 9 aliphatic heterocycles. The van der Waals surface area contributed by atoms with Crippen LogP contribution >= 0.6 is 79.6 Å². The minimum atomic E-state index is -1.39. The molecule has 0 aliphatic carbocycles. The maximum Gasteiger partial charge on any atom is 0.410 e. The lowest BCUT2D eigenvalue weighted by Gasteiger charge is -2.55. The van der Waals surface area contributed by atoms with E-state index in [4.69, 9.17) is 24.2 Å². The van der Waals surface area contributed by atoms with Crippen LogP contribution in [0.4, 0.5) is 52.0 Å². The highest BCUT2D eigenvalue weighted by atomic mass is 79.9. The molecule has 9 saturated heterocycles. The number of amides is 10. The van der Waals surface area contributed by atoms with Crippen LogP contribution < -0.4 is 15.4 Å². The van der Waals surface area contributed by atoms with Crippen molar-refractivity contribution in [1.82, 2.24) is 69.4 Å². The molecular weight excluding hydrogens is 2110 g/mol. The fourth-order valence-corrected chi connectivity index (χ4v) is 18.4. The van der Waals surface area contributed by atoms with E-state index in [1.807, 2.05) is 111 Å². The second kappa shape index (κ2) is 48.0. The average Bonchev–Trinajstić information content (AvgIpc) is 0.758. The molecule has 43 heteroatoms. The molecule has 15 rings (SSSR count). The lowest BCUT2D eigenvalue weighted by atomic mass is 9.68. The number of nitriles is 1. The summed E-state index contributed by atoms with van der Waals surface area (Å²) in [6, 6.07) is 19.0. The minimum Gasteiger partial charge on any atom is -0.444 e. The number of nitrogens with one attached hydrogen (secondary N) is 2. The normalized spacial score (nSPS) is 23.9. The fraction of sp³-hybridized carbons (Fsp3) is 0.511. The van der Waals surface area contributed by atoms with Gasteiger partial charge in [0.15, 0.2) is 0 Å². The average molecular weight is 2230 g/mol. The van der Waals surface area contributed by atoms with Gasteiger partial charge in [0.2, 0.25) is 11.8 Å². The Morgan fingerprint density at radius 2 is 0.774 bits per heavy atom. The van der Waals surface area contributed by atoms with Crippen LogP contribution in [0.15, 0.2) is 158 Å². The number of fused-ring (bicyclic) bond motifs is 8. The molecule has 2 aromatic carbocycles. The number of benzene rings is 2. The number of urea groups is 2. The topological polar surface area (TPSA) is 389 Å². The van der Waals surface area contributed by atoms with Gasteiger partial charge in [0.25, 0.3) is 6.26 Å². The van der Waals surface area contributed by atoms with Crippen LogP contribution in [0.1, 0.15) is 107 Å². The number of ether oxygens (including phenoxy) is 5. The van der Waals surface area contributed by atoms with Gasteiger partial charge < -0.3 is 74.1 Å². The summed E-state index contributed by atoms with van der Waals surface area (Å²) >= 11 is 16.6. The Morgan fingerprint density at radius 1 is 0.467 bits per heavy atom. The summed E-state index contributed by atoms with van der Waals surface area (Å²) in [5, 5.41) is 48.9. The summed E-state index contributed by atoms with van der Waals surface area (Å²) in [6.07, 6.45) is 10.1. The van der Waals surface area contributed by atoms with E-state index in [1.54, 1.807) is 77.3 Å². The van der Waals surface area contributed by atoms with Crippen molar-refractivity contribution in [2.45, 2.75) is 129 Å². The summed E-state index contributed by atoms with van der Waals surface area (Å²) in [7, 11) is 2.71. The third-order valence-corrected chi connectivity index (χ3v) is 25.5. The molecule has 137 heavy (non-hydrogen) atoms. The summed E-state index contributed by atoms with van der Waals surface area (Å²) in [5.41, 5.74) is -3.93. The highest BCUT2D eigenvalue weighted by Crippen LogP contribution is 2.48. The van der Waals surface area contributed by atoms with E-state index in [0.29, 0.717) is 107 Å². The van der Waals surface area contributed by atoms with Gasteiger partial charge >= 0.3 is 36.4 Å². The van der Waals surface area contributed by atoms with Gasteiger partial charge in [-0.15, -0.1) is 18.4 Å². The Bertz CT molecular complexity index is 5150. The molecule has 741 valence electrons. The quantitative estimate of drug-likeness (QED) is 0.0171. The zero-order chi connectivity index (χ0) is 101. The van der Waals surface area contributed by atoms with E-state index < -0.39 is 104 Å². The molecule has 3 radical (unpaired) electrons. The van der Waals surface area contributed by atoms with Gasteiger partial charge in [-0.25, -0.2) is 51.3 Å². The first kappa shape index (κ1) is 113. The van der Waals surface area contributed by atoms with Crippen molar-refractivity contribution in [3.63, 3.8) is 0 Å². The summed E-state index contributed by atoms with van der Waals surface area (Å²) < 4.78 is 82.3. The van der Waals surface area contributed by atoms with E-state index in [-0.39, 0.29) is 106 Å². The number of carbonyl (C=O) groups excluding carboxylic acids is 9. The number of carbonyl (C=O) groups is 9. The van der Waals surface area contributed by atoms with Crippen LogP contribution in [0.5, 0.6) is 5.75 Å². The second-order valence-corrected chi connectivity index (χ2v) is 42.7. The Balaban J connectivity index is 0.000000205. The molecular formula is C94H117BBr5F4N16O17. The smallest absolute Gasteiger partial charge is 0.410 e. The highest BCUT2D eigenvalue weighted by Gasteiger charge is 2.59. The fourth-order valence-electron chi connectivity index (χ4n) is 17.2. The van der Waals surface area contributed by atoms with Gasteiger partial charge in [-0.3, -0.25) is 48.9 Å². The number of nitrogens with zero attached hydrogens (tertiary/aromatic N) is 14. The molecule has 9 aliphatic rings. The molecule has 33 nitrogen and oxygen atoms in total. The van der Waals surface area contributed by atoms with Gasteiger partial charge in [0, 0.05) is 260 Å². The van der Waals surface area contributed by atoms with Crippen molar-refractivity contribution in [3.05, 3.63) is 198 Å². The number of ketones is 1. The zero-order valence-corrected chi connectivity index (χ0v) is 86.7. The van der Waals surface area contributed by atoms with Gasteiger partial charge in [-0.1, -0.05) is 12.2 Å². The molecule has 0 saturated carbocycles. The first-order chi connectivity index (χ1) is 63.5. The Hall–Kier alpha value is -9.62. The number of pyridine rings is 4. The number of likely N-dealkylation sites (tertiary alicyclic amines) is 7. The van der Waals surface area contributed by atoms with E-state index in [1.165, 1.54) is 25.3 Å². The molecule has 10 amide bonds. The molecule has 8 unspecified atom stereocenters. The zero-order valence-electron chi connectivity index (χ0n) is 78.8. The van der Waals surface area contributed by atoms with Crippen LogP contribution in [0.2, 0.25) is 0 Å². The minimum absolute atomic E-state index is 0. The number of piperidine rings is 8. The van der Waals surface area contributed by atoms with Crippen molar-refractivity contribution in [1.29, 1.82) is 5.26 Å². The molecule has 8 bridgehead atoms. The lowest BCUT2D eigenvalue weighted by molar-refractivity contribution is -0.163. The monoisotopic (exact) mass is 2220 g/mol. The van der Waals surface area contributed by atoms with Crippen molar-refractivity contribution < 1.29 is 99.7 Å². The van der Waals surface area contributed by atoms with Gasteiger partial charge in [-0.05, 0) is 223 Å². The highest BCUT2D eigenvalue weighted by molar-refractivity contribution is 9.11. The number of hydrogen-bond donors (Lipinski definition) is 5. The second-order valence-electron chi connectivity index (χ2n) is 38.2. The first-order valence-corrected chi connectivity index (χ1v) is 47.7. The first-order valence-electron chi connectivity index (χ1n) is 43.8. The number of Topliss-reactive ketones (excluding diaryl/α,β-unsaturated/α-hetero) is 1. The number of imide groups is 2. The Labute approximate surface area is 839 Å². The van der Waals surface area contributed by atoms with Crippen LogP contribution in [0.3, 0.4) is 0 Å². The van der Waals surface area contributed by atoms with E-state index in [2.05, 4.69) is 138 Å². The van der Waals surface area contributed by atoms with E-state index in [9.17, 15) is 76.0 Å². The van der Waals surface area contributed by atoms with Crippen molar-refractivity contribution in [2.75, 3.05) is 137 Å². The maximum atomic E-state index is 13.6. The number of anilines is 1. The van der Waals surface area contributed by atoms with Gasteiger partial charge in [0.1, 0.15) is 85.0 Å². The number of rotatable bonds is 9. The van der Waals surface area contributed by atoms with Crippen LogP contribution in [-0.4, -0.2) is 296 Å². The summed E-state index contributed by atoms with van der Waals surface area (Å²) in [5.74, 6) is -5.74. The SMILES string of the molecule is Brc1ccc(Br)nc1.C=CCN1CC2CN(C(=O)OC(C)(C)C)CC(C1)C2(O)c1ccc(Br)cn1.C=CCN1CC2CN(C(=O)OC(C)(C)C)CC(C1)C2=O.CC(C)(C)OC(=O)N1CC2CN(C(=O)Nc3cc(F)cc(F)c3)CC(C1)C2(O)c1ccc(Br)cn1.CC(C)(C)OC(=O)N1CC2CNCC(C1)C2(O)c1ccc(Br)cn1.CN1C(=O)CC(=O)N(C)C1=O.N#COc1cc(F)cc(F)c1.[B]. The largest absolute Gasteiger partial charge is 0.444 e. The molecule has 6 aromatic rings. The van der Waals surface area contributed by atoms with E-state index in [0.717, 1.165) is 75.7 Å². The summed E-state index contributed by atoms with van der Waals surface area (Å²) in [6.45, 7) is 38.4. The van der Waals surface area contributed by atoms with Crippen molar-refractivity contribution in [2.24, 2.45) is 47.3 Å². The molecule has 8 atom stereocenters. The molecule has 4 aromatic heterocycles. The van der Waals surface area contributed by atoms with Gasteiger partial charge in [0.05, 0.1) is 17.1 Å². The number of aliphatic hydroxyl groups is 3. The standard InChI is InChI=1S/C24H27BrF2N4O4.C20H28BrN3O3.C17H24BrN3O3.C15H24N2O3.C7H3F2NO.C6H8N2O3.C5H3Br2N.B/c1-23(2,3)35-22(33)31-12-14-10-30(21(32)29-19-7-17(26)6-18(27)8-19)11-15(13-31)24(14,34)20-5-4-16(25)9-28-20;1-5-8-23-10-14-12-24(18(25)27-19(2,3)4)13-15(11-23)20(14,26)17-7-6-16(21)9-22-17;1-16(2,3)24-15(22)21-9-11-6-19-7-12(10-21)17(11,23)14-5-4-13(18)8-20-14;1-5-6-16-7-11-9-17(10-12(8-16)13(11)18)14(19)20-15(2,3)4;8-5-1-6(9)3-7(2-5)11-4-10;1-7-4(9)3-5(10)8(2)6(7)11;6-4-1-2-5(7)8-3-4;/h4-9,14-15,34H,10-13H2,1-3H3,(H,29,32);5-7,9,14-15,26H,1,8,10-13H2,2-4H3;4-5,8,11-12,19,23H,6-7,9-10H2,1-3H3;5,11-12H,1,6-10H2,2-4H3;1-3H;3H2,1-2H3;1-3H;. The van der Waals surface area contributed by atoms with Gasteiger partial charge in [-0.2, -0.15) is 0 Å². The molecule has 13 heterocycles. The molecule has 5 N–H and O–H groups in total. The van der Waals surface area contributed by atoms with Crippen LogP contribution in [0, 0.1) is 82.1 Å². The number of aromatic nitrogens is 4. The van der Waals surface area contributed by atoms with Crippen LogP contribution in [0.25, 0.3) is 0 Å². The number of halogens is 9. The van der Waals surface area contributed by atoms with E-state index >= 15 is 0 Å². The number of barbiturate groups is 1. The third-order valence-electron chi connectivity index (χ3n) is 23.2. The molecule has 0 spiro atoms. The Kier molecular flexibility index (Phi) is 39.5. The summed E-state index contributed by atoms with van der Waals surface area (Å²) in [4.78, 5) is 140. The van der Waals surface area contributed by atoms with Crippen molar-refractivity contribution in [3.8, 4) is 12.0 Å². The maximum absolute atomic E-state index is 13.6. The predicted octanol–water partition coefficient (Wildman–Crippen LogP) is 14.5. The predicted molar refractivity (Wildman–Crippen MR) is 518 cm³/mol. The van der Waals surface area contributed by atoms with Crippen LogP contribution in [-0.2, 0) is 50.1 Å². The molecule has 9 fully saturated rings. The third kappa shape index (κ3) is 30.9. The number of hydrogen-bond acceptors (Lipinski definition) is 25.